The number of nitrogens with two attached hydrogens (primary N) is 1. The average Bonchev–Trinajstić information content (AvgIpc) is 2.17. The molecular formula is C12H19BrN2O. The third-order valence-corrected chi connectivity index (χ3v) is 3.03. The van der Waals surface area contributed by atoms with Crippen LogP contribution in [0, 0.1) is 0 Å². The maximum Gasteiger partial charge on any atom is 0.123 e. The van der Waals surface area contributed by atoms with Crippen molar-refractivity contribution in [3.05, 3.63) is 28.2 Å². The zero-order valence-electron chi connectivity index (χ0n) is 10.2. The normalized spacial score (nSPS) is 13.6. The molecular weight excluding hydrogens is 268 g/mol. The molecule has 1 rings (SSSR count). The van der Waals surface area contributed by atoms with E-state index in [-0.39, 0.29) is 11.6 Å². The summed E-state index contributed by atoms with van der Waals surface area (Å²) in [6, 6.07) is 5.97. The highest BCUT2D eigenvalue weighted by Crippen LogP contribution is 2.32. The molecule has 90 valence electrons. The minimum atomic E-state index is -0.358. The lowest BCUT2D eigenvalue weighted by atomic mass is 9.89. The van der Waals surface area contributed by atoms with Crippen LogP contribution in [0.5, 0.6) is 5.75 Å². The predicted molar refractivity (Wildman–Crippen MR) is 70.8 cm³/mol. The van der Waals surface area contributed by atoms with Gasteiger partial charge in [-0.25, -0.2) is 0 Å². The van der Waals surface area contributed by atoms with Crippen molar-refractivity contribution in [1.82, 2.24) is 5.32 Å². The monoisotopic (exact) mass is 286 g/mol. The summed E-state index contributed by atoms with van der Waals surface area (Å²) in [6.07, 6.45) is 0. The number of nitrogens with one attached hydrogen (secondary N) is 1. The second-order valence-corrected chi connectivity index (χ2v) is 5.35. The number of benzene rings is 1. The third-order valence-electron chi connectivity index (χ3n) is 2.54. The van der Waals surface area contributed by atoms with E-state index < -0.39 is 0 Å². The van der Waals surface area contributed by atoms with Gasteiger partial charge in [0.1, 0.15) is 5.75 Å². The Morgan fingerprint density at radius 1 is 1.44 bits per heavy atom. The van der Waals surface area contributed by atoms with Crippen LogP contribution in [-0.4, -0.2) is 19.7 Å². The second-order valence-electron chi connectivity index (χ2n) is 4.43. The Balaban J connectivity index is 3.23. The van der Waals surface area contributed by atoms with E-state index in [2.05, 4.69) is 21.2 Å². The molecule has 4 heteroatoms. The third kappa shape index (κ3) is 2.97. The van der Waals surface area contributed by atoms with Crippen LogP contribution in [0.4, 0.5) is 0 Å². The van der Waals surface area contributed by atoms with Gasteiger partial charge in [0, 0.05) is 15.6 Å². The number of ether oxygens (including phenoxy) is 1. The Morgan fingerprint density at radius 2 is 2.06 bits per heavy atom. The highest BCUT2D eigenvalue weighted by Gasteiger charge is 2.27. The molecule has 3 nitrogen and oxygen atoms in total. The molecule has 0 spiro atoms. The van der Waals surface area contributed by atoms with Gasteiger partial charge in [0.2, 0.25) is 0 Å². The lowest BCUT2D eigenvalue weighted by Gasteiger charge is -2.31. The molecule has 1 aromatic carbocycles. The van der Waals surface area contributed by atoms with E-state index in [1.54, 1.807) is 7.11 Å². The summed E-state index contributed by atoms with van der Waals surface area (Å²) in [5.74, 6) is 0.848. The Bertz CT molecular complexity index is 361. The van der Waals surface area contributed by atoms with Gasteiger partial charge in [0.25, 0.3) is 0 Å². The SMILES string of the molecule is CNC(c1cc(Br)ccc1OC)C(C)(C)N. The zero-order chi connectivity index (χ0) is 12.3. The zero-order valence-corrected chi connectivity index (χ0v) is 11.8. The minimum absolute atomic E-state index is 0.0416. The van der Waals surface area contributed by atoms with E-state index in [4.69, 9.17) is 10.5 Å². The second kappa shape index (κ2) is 5.17. The van der Waals surface area contributed by atoms with E-state index in [0.717, 1.165) is 15.8 Å². The topological polar surface area (TPSA) is 47.3 Å². The van der Waals surface area contributed by atoms with Gasteiger partial charge in [-0.1, -0.05) is 15.9 Å². The molecule has 0 heterocycles. The smallest absolute Gasteiger partial charge is 0.123 e. The minimum Gasteiger partial charge on any atom is -0.496 e. The molecule has 0 saturated heterocycles. The molecule has 3 N–H and O–H groups in total. The Labute approximate surface area is 105 Å². The van der Waals surface area contributed by atoms with Gasteiger partial charge in [-0.2, -0.15) is 0 Å². The van der Waals surface area contributed by atoms with Crippen LogP contribution < -0.4 is 15.8 Å². The molecule has 0 bridgehead atoms. The summed E-state index contributed by atoms with van der Waals surface area (Å²) in [6.45, 7) is 3.99. The van der Waals surface area contributed by atoms with Gasteiger partial charge in [0.05, 0.1) is 13.2 Å². The summed E-state index contributed by atoms with van der Waals surface area (Å²) in [5.41, 5.74) is 6.87. The van der Waals surface area contributed by atoms with Gasteiger partial charge in [-0.05, 0) is 39.1 Å². The van der Waals surface area contributed by atoms with E-state index in [9.17, 15) is 0 Å². The van der Waals surface area contributed by atoms with Gasteiger partial charge in [0.15, 0.2) is 0 Å². The molecule has 0 amide bonds. The van der Waals surface area contributed by atoms with E-state index in [1.807, 2.05) is 39.1 Å². The Kier molecular flexibility index (Phi) is 4.35. The van der Waals surface area contributed by atoms with Crippen molar-refractivity contribution in [2.24, 2.45) is 5.73 Å². The lowest BCUT2D eigenvalue weighted by molar-refractivity contribution is 0.346. The van der Waals surface area contributed by atoms with Crippen LogP contribution in [0.2, 0.25) is 0 Å². The number of hydrogen-bond acceptors (Lipinski definition) is 3. The molecule has 1 aromatic rings. The maximum atomic E-state index is 6.16. The van der Waals surface area contributed by atoms with E-state index >= 15 is 0 Å². The van der Waals surface area contributed by atoms with Gasteiger partial charge in [-0.15, -0.1) is 0 Å². The first-order valence-corrected chi connectivity index (χ1v) is 5.99. The highest BCUT2D eigenvalue weighted by molar-refractivity contribution is 9.10. The lowest BCUT2D eigenvalue weighted by Crippen LogP contribution is -2.45. The molecule has 0 fully saturated rings. The molecule has 1 unspecified atom stereocenters. The number of hydrogen-bond donors (Lipinski definition) is 2. The van der Waals surface area contributed by atoms with Crippen LogP contribution in [0.25, 0.3) is 0 Å². The fourth-order valence-electron chi connectivity index (χ4n) is 1.86. The molecule has 0 aliphatic carbocycles. The maximum absolute atomic E-state index is 6.16. The predicted octanol–water partition coefficient (Wildman–Crippen LogP) is 2.46. The molecule has 16 heavy (non-hydrogen) atoms. The first-order chi connectivity index (χ1) is 7.40. The van der Waals surface area contributed by atoms with Gasteiger partial charge in [-0.3, -0.25) is 0 Å². The van der Waals surface area contributed by atoms with Crippen molar-refractivity contribution in [3.8, 4) is 5.75 Å². The van der Waals surface area contributed by atoms with Crippen molar-refractivity contribution in [2.75, 3.05) is 14.2 Å². The molecule has 0 saturated carbocycles. The number of halogens is 1. The highest BCUT2D eigenvalue weighted by atomic mass is 79.9. The summed E-state index contributed by atoms with van der Waals surface area (Å²) in [7, 11) is 3.57. The van der Waals surface area contributed by atoms with Crippen molar-refractivity contribution < 1.29 is 4.74 Å². The van der Waals surface area contributed by atoms with Crippen LogP contribution in [0.3, 0.4) is 0 Å². The molecule has 0 aliphatic heterocycles. The Morgan fingerprint density at radius 3 is 2.50 bits per heavy atom. The standard InChI is InChI=1S/C12H19BrN2O/c1-12(2,14)11(15-3)9-7-8(13)5-6-10(9)16-4/h5-7,11,15H,14H2,1-4H3. The molecule has 0 aliphatic rings. The fourth-order valence-corrected chi connectivity index (χ4v) is 2.24. The number of likely N-dealkylation sites (N-methyl/N-ethyl adjacent to an activating group) is 1. The summed E-state index contributed by atoms with van der Waals surface area (Å²) in [4.78, 5) is 0. The summed E-state index contributed by atoms with van der Waals surface area (Å²) in [5, 5.41) is 3.23. The largest absolute Gasteiger partial charge is 0.496 e. The van der Waals surface area contributed by atoms with Crippen LogP contribution in [0.15, 0.2) is 22.7 Å². The van der Waals surface area contributed by atoms with Gasteiger partial charge < -0.3 is 15.8 Å². The van der Waals surface area contributed by atoms with E-state index in [0.29, 0.717) is 0 Å². The average molecular weight is 287 g/mol. The first-order valence-electron chi connectivity index (χ1n) is 5.19. The van der Waals surface area contributed by atoms with Crippen LogP contribution in [0.1, 0.15) is 25.5 Å². The molecule has 1 atom stereocenters. The molecule has 0 radical (unpaired) electrons. The van der Waals surface area contributed by atoms with Crippen molar-refractivity contribution in [3.63, 3.8) is 0 Å². The van der Waals surface area contributed by atoms with Gasteiger partial charge >= 0.3 is 0 Å². The summed E-state index contributed by atoms with van der Waals surface area (Å²) >= 11 is 3.47. The van der Waals surface area contributed by atoms with E-state index in [1.165, 1.54) is 0 Å². The van der Waals surface area contributed by atoms with Crippen molar-refractivity contribution >= 4 is 15.9 Å². The van der Waals surface area contributed by atoms with Crippen molar-refractivity contribution in [1.29, 1.82) is 0 Å². The number of rotatable bonds is 4. The Hall–Kier alpha value is -0.580. The van der Waals surface area contributed by atoms with Crippen LogP contribution in [-0.2, 0) is 0 Å². The molecule has 0 aromatic heterocycles. The van der Waals surface area contributed by atoms with Crippen LogP contribution >= 0.6 is 15.9 Å². The first kappa shape index (κ1) is 13.5. The quantitative estimate of drug-likeness (QED) is 0.894. The number of methoxy groups -OCH3 is 1. The fraction of sp³-hybridized carbons (Fsp3) is 0.500. The van der Waals surface area contributed by atoms with Crippen molar-refractivity contribution in [2.45, 2.75) is 25.4 Å². The summed E-state index contributed by atoms with van der Waals surface area (Å²) < 4.78 is 6.38.